The summed E-state index contributed by atoms with van der Waals surface area (Å²) in [5.41, 5.74) is 1.04. The maximum absolute atomic E-state index is 10.6. The van der Waals surface area contributed by atoms with Crippen LogP contribution in [0.3, 0.4) is 0 Å². The standard InChI is InChI=1S/C13H17BrN2O3/c14-13-7-12(16(17)18)2-1-11(13)9-19-8-10-3-5-15-6-4-10/h1-2,7,10,15H,3-6,8-9H2. The van der Waals surface area contributed by atoms with E-state index >= 15 is 0 Å². The van der Waals surface area contributed by atoms with Crippen LogP contribution in [0.2, 0.25) is 0 Å². The predicted octanol–water partition coefficient (Wildman–Crippen LogP) is 2.87. The molecule has 0 aliphatic carbocycles. The van der Waals surface area contributed by atoms with E-state index in [1.807, 2.05) is 0 Å². The third kappa shape index (κ3) is 4.26. The number of halogens is 1. The molecule has 0 bridgehead atoms. The Morgan fingerprint density at radius 3 is 2.79 bits per heavy atom. The molecule has 1 N–H and O–H groups in total. The number of benzene rings is 1. The molecule has 6 heteroatoms. The van der Waals surface area contributed by atoms with Gasteiger partial charge in [0, 0.05) is 23.2 Å². The highest BCUT2D eigenvalue weighted by molar-refractivity contribution is 9.10. The van der Waals surface area contributed by atoms with E-state index in [2.05, 4.69) is 21.2 Å². The van der Waals surface area contributed by atoms with Gasteiger partial charge >= 0.3 is 0 Å². The van der Waals surface area contributed by atoms with Crippen molar-refractivity contribution in [3.63, 3.8) is 0 Å². The quantitative estimate of drug-likeness (QED) is 0.666. The maximum atomic E-state index is 10.6. The Bertz CT molecular complexity index is 448. The predicted molar refractivity (Wildman–Crippen MR) is 76.0 cm³/mol. The average molecular weight is 329 g/mol. The zero-order chi connectivity index (χ0) is 13.7. The minimum atomic E-state index is -0.398. The van der Waals surface area contributed by atoms with Crippen LogP contribution in [0.15, 0.2) is 22.7 Å². The molecule has 0 aromatic heterocycles. The van der Waals surface area contributed by atoms with Crippen molar-refractivity contribution < 1.29 is 9.66 Å². The van der Waals surface area contributed by atoms with Gasteiger partial charge in [-0.3, -0.25) is 10.1 Å². The second-order valence-corrected chi connectivity index (χ2v) is 5.60. The number of hydrogen-bond donors (Lipinski definition) is 1. The molecule has 19 heavy (non-hydrogen) atoms. The van der Waals surface area contributed by atoms with Crippen LogP contribution >= 0.6 is 15.9 Å². The number of piperidine rings is 1. The molecule has 0 radical (unpaired) electrons. The molecular formula is C13H17BrN2O3. The summed E-state index contributed by atoms with van der Waals surface area (Å²) in [5.74, 6) is 0.623. The van der Waals surface area contributed by atoms with E-state index < -0.39 is 4.92 Å². The van der Waals surface area contributed by atoms with Gasteiger partial charge in [0.1, 0.15) is 0 Å². The highest BCUT2D eigenvalue weighted by atomic mass is 79.9. The SMILES string of the molecule is O=[N+]([O-])c1ccc(COCC2CCNCC2)c(Br)c1. The van der Waals surface area contributed by atoms with Crippen molar-refractivity contribution in [2.45, 2.75) is 19.4 Å². The number of non-ortho nitro benzene ring substituents is 1. The monoisotopic (exact) mass is 328 g/mol. The molecule has 1 heterocycles. The third-order valence-corrected chi connectivity index (χ3v) is 4.06. The number of rotatable bonds is 5. The van der Waals surface area contributed by atoms with Gasteiger partial charge in [-0.2, -0.15) is 0 Å². The van der Waals surface area contributed by atoms with Crippen molar-refractivity contribution in [3.05, 3.63) is 38.3 Å². The summed E-state index contributed by atoms with van der Waals surface area (Å²) in [7, 11) is 0. The van der Waals surface area contributed by atoms with E-state index in [0.717, 1.165) is 42.6 Å². The van der Waals surface area contributed by atoms with Crippen molar-refractivity contribution >= 4 is 21.6 Å². The van der Waals surface area contributed by atoms with Gasteiger partial charge in [-0.1, -0.05) is 15.9 Å². The third-order valence-electron chi connectivity index (χ3n) is 3.32. The molecule has 0 atom stereocenters. The van der Waals surface area contributed by atoms with Gasteiger partial charge in [-0.05, 0) is 43.5 Å². The fourth-order valence-corrected chi connectivity index (χ4v) is 2.63. The minimum absolute atomic E-state index is 0.0916. The molecule has 0 amide bonds. The first-order valence-electron chi connectivity index (χ1n) is 6.38. The van der Waals surface area contributed by atoms with E-state index in [-0.39, 0.29) is 5.69 Å². The van der Waals surface area contributed by atoms with Gasteiger partial charge in [0.05, 0.1) is 11.5 Å². The van der Waals surface area contributed by atoms with Crippen molar-refractivity contribution in [1.29, 1.82) is 0 Å². The van der Waals surface area contributed by atoms with E-state index in [0.29, 0.717) is 12.5 Å². The summed E-state index contributed by atoms with van der Waals surface area (Å²) < 4.78 is 6.44. The van der Waals surface area contributed by atoms with Crippen molar-refractivity contribution in [3.8, 4) is 0 Å². The van der Waals surface area contributed by atoms with Crippen molar-refractivity contribution in [2.24, 2.45) is 5.92 Å². The van der Waals surface area contributed by atoms with Crippen LogP contribution in [0.1, 0.15) is 18.4 Å². The molecule has 0 saturated carbocycles. The largest absolute Gasteiger partial charge is 0.376 e. The lowest BCUT2D eigenvalue weighted by molar-refractivity contribution is -0.384. The molecule has 104 valence electrons. The molecule has 1 saturated heterocycles. The summed E-state index contributed by atoms with van der Waals surface area (Å²) in [4.78, 5) is 10.2. The Balaban J connectivity index is 1.83. The molecule has 1 aromatic rings. The van der Waals surface area contributed by atoms with Crippen LogP contribution in [0.25, 0.3) is 0 Å². The highest BCUT2D eigenvalue weighted by Crippen LogP contribution is 2.24. The summed E-state index contributed by atoms with van der Waals surface area (Å²) in [6, 6.07) is 4.77. The number of nitro groups is 1. The summed E-state index contributed by atoms with van der Waals surface area (Å²) in [6.07, 6.45) is 2.31. The fourth-order valence-electron chi connectivity index (χ4n) is 2.15. The van der Waals surface area contributed by atoms with Crippen LogP contribution < -0.4 is 5.32 Å². The molecule has 1 aromatic carbocycles. The Morgan fingerprint density at radius 2 is 2.16 bits per heavy atom. The summed E-state index contributed by atoms with van der Waals surface area (Å²) in [5, 5.41) is 14.0. The van der Waals surface area contributed by atoms with Crippen molar-refractivity contribution in [2.75, 3.05) is 19.7 Å². The number of ether oxygens (including phenoxy) is 1. The molecule has 0 spiro atoms. The topological polar surface area (TPSA) is 64.4 Å². The van der Waals surface area contributed by atoms with E-state index in [9.17, 15) is 10.1 Å². The molecule has 5 nitrogen and oxygen atoms in total. The minimum Gasteiger partial charge on any atom is -0.376 e. The zero-order valence-corrected chi connectivity index (χ0v) is 12.2. The van der Waals surface area contributed by atoms with Gasteiger partial charge in [-0.25, -0.2) is 0 Å². The number of nitro benzene ring substituents is 1. The molecule has 1 aliphatic rings. The van der Waals surface area contributed by atoms with Crippen LogP contribution in [-0.2, 0) is 11.3 Å². The Labute approximate surface area is 120 Å². The Morgan fingerprint density at radius 1 is 1.42 bits per heavy atom. The molecule has 1 fully saturated rings. The highest BCUT2D eigenvalue weighted by Gasteiger charge is 2.14. The molecule has 0 unspecified atom stereocenters. The number of nitrogens with zero attached hydrogens (tertiary/aromatic N) is 1. The Hall–Kier alpha value is -0.980. The van der Waals surface area contributed by atoms with Crippen LogP contribution in [0.4, 0.5) is 5.69 Å². The lowest BCUT2D eigenvalue weighted by Gasteiger charge is -2.22. The van der Waals surface area contributed by atoms with Gasteiger partial charge in [0.2, 0.25) is 0 Å². The van der Waals surface area contributed by atoms with Gasteiger partial charge in [0.25, 0.3) is 5.69 Å². The lowest BCUT2D eigenvalue weighted by atomic mass is 9.99. The zero-order valence-electron chi connectivity index (χ0n) is 10.6. The van der Waals surface area contributed by atoms with Crippen molar-refractivity contribution in [1.82, 2.24) is 5.32 Å². The first-order valence-corrected chi connectivity index (χ1v) is 7.17. The lowest BCUT2D eigenvalue weighted by Crippen LogP contribution is -2.29. The first kappa shape index (κ1) is 14.4. The summed E-state index contributed by atoms with van der Waals surface area (Å²) >= 11 is 3.35. The van der Waals surface area contributed by atoms with Gasteiger partial charge < -0.3 is 10.1 Å². The van der Waals surface area contributed by atoms with Crippen LogP contribution in [0.5, 0.6) is 0 Å². The Kier molecular flexibility index (Phi) is 5.30. The van der Waals surface area contributed by atoms with E-state index in [4.69, 9.17) is 4.74 Å². The molecular weight excluding hydrogens is 312 g/mol. The fraction of sp³-hybridized carbons (Fsp3) is 0.538. The number of nitrogens with one attached hydrogen (secondary N) is 1. The van der Waals surface area contributed by atoms with Crippen LogP contribution in [0, 0.1) is 16.0 Å². The maximum Gasteiger partial charge on any atom is 0.270 e. The van der Waals surface area contributed by atoms with Crippen LogP contribution in [-0.4, -0.2) is 24.6 Å². The van der Waals surface area contributed by atoms with E-state index in [1.165, 1.54) is 12.1 Å². The summed E-state index contributed by atoms with van der Waals surface area (Å²) in [6.45, 7) is 3.37. The molecule has 2 rings (SSSR count). The average Bonchev–Trinajstić information content (AvgIpc) is 2.41. The normalized spacial score (nSPS) is 16.5. The number of hydrogen-bond acceptors (Lipinski definition) is 4. The second-order valence-electron chi connectivity index (χ2n) is 4.74. The second kappa shape index (κ2) is 6.98. The van der Waals surface area contributed by atoms with Gasteiger partial charge in [-0.15, -0.1) is 0 Å². The van der Waals surface area contributed by atoms with Gasteiger partial charge in [0.15, 0.2) is 0 Å². The molecule has 1 aliphatic heterocycles. The first-order chi connectivity index (χ1) is 9.16. The van der Waals surface area contributed by atoms with E-state index in [1.54, 1.807) is 6.07 Å². The smallest absolute Gasteiger partial charge is 0.270 e.